The first kappa shape index (κ1) is 14.3. The SMILES string of the molecule is c1ccc(CCc2noc(CCC3CCNCC3)n2)cc1. The van der Waals surface area contributed by atoms with Gasteiger partial charge >= 0.3 is 0 Å². The van der Waals surface area contributed by atoms with Gasteiger partial charge in [-0.1, -0.05) is 35.5 Å². The van der Waals surface area contributed by atoms with E-state index in [1.165, 1.54) is 24.8 Å². The number of aromatic nitrogens is 2. The zero-order valence-electron chi connectivity index (χ0n) is 12.4. The first-order chi connectivity index (χ1) is 10.4. The number of rotatable bonds is 6. The monoisotopic (exact) mass is 285 g/mol. The molecule has 1 saturated heterocycles. The van der Waals surface area contributed by atoms with Gasteiger partial charge in [-0.3, -0.25) is 0 Å². The standard InChI is InChI=1S/C17H23N3O/c1-2-4-14(5-3-1)6-8-16-19-17(21-20-16)9-7-15-10-12-18-13-11-15/h1-5,15,18H,6-13H2. The van der Waals surface area contributed by atoms with Crippen molar-refractivity contribution in [3.05, 3.63) is 47.6 Å². The normalized spacial score (nSPS) is 16.2. The second-order valence-electron chi connectivity index (χ2n) is 5.82. The third-order valence-corrected chi connectivity index (χ3v) is 4.22. The molecule has 0 saturated carbocycles. The smallest absolute Gasteiger partial charge is 0.226 e. The van der Waals surface area contributed by atoms with Gasteiger partial charge < -0.3 is 9.84 Å². The van der Waals surface area contributed by atoms with E-state index >= 15 is 0 Å². The maximum atomic E-state index is 5.37. The first-order valence-electron chi connectivity index (χ1n) is 7.96. The van der Waals surface area contributed by atoms with Crippen LogP contribution in [0.4, 0.5) is 0 Å². The Kier molecular flexibility index (Phi) is 5.00. The molecule has 0 spiro atoms. The fourth-order valence-corrected chi connectivity index (χ4v) is 2.89. The van der Waals surface area contributed by atoms with Crippen molar-refractivity contribution in [2.75, 3.05) is 13.1 Å². The summed E-state index contributed by atoms with van der Waals surface area (Å²) in [6, 6.07) is 10.4. The highest BCUT2D eigenvalue weighted by atomic mass is 16.5. The molecule has 4 nitrogen and oxygen atoms in total. The zero-order valence-corrected chi connectivity index (χ0v) is 12.4. The van der Waals surface area contributed by atoms with E-state index in [-0.39, 0.29) is 0 Å². The van der Waals surface area contributed by atoms with Crippen molar-refractivity contribution in [2.45, 2.75) is 38.5 Å². The van der Waals surface area contributed by atoms with Gasteiger partial charge in [0.05, 0.1) is 0 Å². The Morgan fingerprint density at radius 2 is 1.86 bits per heavy atom. The minimum absolute atomic E-state index is 0.802. The van der Waals surface area contributed by atoms with Crippen LogP contribution in [-0.4, -0.2) is 23.2 Å². The lowest BCUT2D eigenvalue weighted by Gasteiger charge is -2.21. The van der Waals surface area contributed by atoms with Gasteiger partial charge in [-0.2, -0.15) is 4.98 Å². The van der Waals surface area contributed by atoms with Gasteiger partial charge in [0.2, 0.25) is 5.89 Å². The third-order valence-electron chi connectivity index (χ3n) is 4.22. The maximum Gasteiger partial charge on any atom is 0.226 e. The Hall–Kier alpha value is -1.68. The van der Waals surface area contributed by atoms with Gasteiger partial charge in [0.1, 0.15) is 0 Å². The molecule has 4 heteroatoms. The molecule has 1 fully saturated rings. The minimum Gasteiger partial charge on any atom is -0.339 e. The molecule has 112 valence electrons. The number of benzene rings is 1. The van der Waals surface area contributed by atoms with Gasteiger partial charge in [0, 0.05) is 12.8 Å². The molecule has 1 aromatic heterocycles. The molecule has 1 aromatic carbocycles. The van der Waals surface area contributed by atoms with E-state index in [0.29, 0.717) is 0 Å². The van der Waals surface area contributed by atoms with Crippen LogP contribution in [0.1, 0.15) is 36.5 Å². The number of nitrogens with zero attached hydrogens (tertiary/aromatic N) is 2. The molecular weight excluding hydrogens is 262 g/mol. The maximum absolute atomic E-state index is 5.37. The number of nitrogens with one attached hydrogen (secondary N) is 1. The molecule has 2 aromatic rings. The average molecular weight is 285 g/mol. The molecule has 0 radical (unpaired) electrons. The molecular formula is C17H23N3O. The summed E-state index contributed by atoms with van der Waals surface area (Å²) in [4.78, 5) is 4.52. The van der Waals surface area contributed by atoms with Gasteiger partial charge in [-0.05, 0) is 50.3 Å². The van der Waals surface area contributed by atoms with Crippen molar-refractivity contribution in [3.63, 3.8) is 0 Å². The van der Waals surface area contributed by atoms with Crippen LogP contribution in [0.3, 0.4) is 0 Å². The zero-order chi connectivity index (χ0) is 14.3. The number of aryl methyl sites for hydroxylation is 3. The summed E-state index contributed by atoms with van der Waals surface area (Å²) in [5, 5.41) is 7.49. The molecule has 21 heavy (non-hydrogen) atoms. The molecule has 0 amide bonds. The van der Waals surface area contributed by atoms with E-state index in [0.717, 1.165) is 50.0 Å². The van der Waals surface area contributed by atoms with Crippen molar-refractivity contribution < 1.29 is 4.52 Å². The highest BCUT2D eigenvalue weighted by molar-refractivity contribution is 5.15. The minimum atomic E-state index is 0.802. The quantitative estimate of drug-likeness (QED) is 0.886. The summed E-state index contributed by atoms with van der Waals surface area (Å²) in [7, 11) is 0. The highest BCUT2D eigenvalue weighted by Crippen LogP contribution is 2.18. The van der Waals surface area contributed by atoms with Crippen molar-refractivity contribution >= 4 is 0 Å². The van der Waals surface area contributed by atoms with E-state index in [1.807, 2.05) is 6.07 Å². The molecule has 0 bridgehead atoms. The van der Waals surface area contributed by atoms with E-state index in [9.17, 15) is 0 Å². The molecule has 0 atom stereocenters. The van der Waals surface area contributed by atoms with Crippen LogP contribution in [-0.2, 0) is 19.3 Å². The first-order valence-corrected chi connectivity index (χ1v) is 7.96. The number of hydrogen-bond acceptors (Lipinski definition) is 4. The van der Waals surface area contributed by atoms with Crippen LogP contribution in [0.15, 0.2) is 34.9 Å². The predicted octanol–water partition coefficient (Wildman–Crippen LogP) is 2.79. The Morgan fingerprint density at radius 1 is 1.05 bits per heavy atom. The summed E-state index contributed by atoms with van der Waals surface area (Å²) in [5.74, 6) is 2.45. The number of piperidine rings is 1. The summed E-state index contributed by atoms with van der Waals surface area (Å²) in [6.45, 7) is 2.30. The molecule has 0 unspecified atom stereocenters. The fraction of sp³-hybridized carbons (Fsp3) is 0.529. The molecule has 2 heterocycles. The summed E-state index contributed by atoms with van der Waals surface area (Å²) >= 11 is 0. The van der Waals surface area contributed by atoms with Gasteiger partial charge in [-0.15, -0.1) is 0 Å². The van der Waals surface area contributed by atoms with E-state index in [2.05, 4.69) is 39.7 Å². The van der Waals surface area contributed by atoms with E-state index in [1.54, 1.807) is 0 Å². The second-order valence-corrected chi connectivity index (χ2v) is 5.82. The van der Waals surface area contributed by atoms with Crippen molar-refractivity contribution in [1.29, 1.82) is 0 Å². The van der Waals surface area contributed by atoms with Crippen LogP contribution in [0.2, 0.25) is 0 Å². The molecule has 0 aliphatic carbocycles. The Labute approximate surface area is 126 Å². The Balaban J connectivity index is 1.45. The number of hydrogen-bond donors (Lipinski definition) is 1. The van der Waals surface area contributed by atoms with Gasteiger partial charge in [-0.25, -0.2) is 0 Å². The van der Waals surface area contributed by atoms with Crippen molar-refractivity contribution in [2.24, 2.45) is 5.92 Å². The fourth-order valence-electron chi connectivity index (χ4n) is 2.89. The Bertz CT molecular complexity index is 532. The summed E-state index contributed by atoms with van der Waals surface area (Å²) < 4.78 is 5.37. The van der Waals surface area contributed by atoms with Crippen LogP contribution in [0.5, 0.6) is 0 Å². The third kappa shape index (κ3) is 4.39. The molecule has 1 aliphatic heterocycles. The van der Waals surface area contributed by atoms with Gasteiger partial charge in [0.25, 0.3) is 0 Å². The van der Waals surface area contributed by atoms with E-state index < -0.39 is 0 Å². The molecule has 3 rings (SSSR count). The summed E-state index contributed by atoms with van der Waals surface area (Å²) in [6.07, 6.45) is 6.45. The predicted molar refractivity (Wildman–Crippen MR) is 82.1 cm³/mol. The lowest BCUT2D eigenvalue weighted by atomic mass is 9.93. The Morgan fingerprint density at radius 3 is 2.67 bits per heavy atom. The van der Waals surface area contributed by atoms with Crippen LogP contribution in [0, 0.1) is 5.92 Å². The van der Waals surface area contributed by atoms with Crippen LogP contribution >= 0.6 is 0 Å². The average Bonchev–Trinajstić information content (AvgIpc) is 3.01. The highest BCUT2D eigenvalue weighted by Gasteiger charge is 2.14. The summed E-state index contributed by atoms with van der Waals surface area (Å²) in [5.41, 5.74) is 1.32. The van der Waals surface area contributed by atoms with Crippen LogP contribution < -0.4 is 5.32 Å². The van der Waals surface area contributed by atoms with Gasteiger partial charge in [0.15, 0.2) is 5.82 Å². The van der Waals surface area contributed by atoms with Crippen molar-refractivity contribution in [1.82, 2.24) is 15.5 Å². The largest absolute Gasteiger partial charge is 0.339 e. The van der Waals surface area contributed by atoms with Crippen molar-refractivity contribution in [3.8, 4) is 0 Å². The molecule has 1 N–H and O–H groups in total. The second kappa shape index (κ2) is 7.36. The van der Waals surface area contributed by atoms with E-state index in [4.69, 9.17) is 4.52 Å². The molecule has 1 aliphatic rings. The van der Waals surface area contributed by atoms with Crippen LogP contribution in [0.25, 0.3) is 0 Å². The topological polar surface area (TPSA) is 51.0 Å². The lowest BCUT2D eigenvalue weighted by molar-refractivity contribution is 0.323. The lowest BCUT2D eigenvalue weighted by Crippen LogP contribution is -2.27.